The van der Waals surface area contributed by atoms with Gasteiger partial charge >= 0.3 is 18.1 Å². The second-order valence-electron chi connectivity index (χ2n) is 6.48. The van der Waals surface area contributed by atoms with E-state index in [-0.39, 0.29) is 17.5 Å². The van der Waals surface area contributed by atoms with Crippen molar-refractivity contribution in [1.82, 2.24) is 10.2 Å². The summed E-state index contributed by atoms with van der Waals surface area (Å²) in [4.78, 5) is 24.2. The molecule has 0 bridgehead atoms. The number of aromatic carboxylic acids is 1. The number of carboxylic acids is 1. The maximum Gasteiger partial charge on any atom is 0.471 e. The lowest BCUT2D eigenvalue weighted by Gasteiger charge is -2.43. The zero-order valence-corrected chi connectivity index (χ0v) is 14.0. The number of piperidine rings is 1. The zero-order valence-electron chi connectivity index (χ0n) is 14.0. The number of rotatable bonds is 4. The van der Waals surface area contributed by atoms with Crippen LogP contribution >= 0.6 is 0 Å². The highest BCUT2D eigenvalue weighted by Crippen LogP contribution is 2.26. The number of carbonyl (C=O) groups excluding carboxylic acids is 1. The fourth-order valence-corrected chi connectivity index (χ4v) is 3.16. The Morgan fingerprint density at radius 2 is 1.84 bits per heavy atom. The van der Waals surface area contributed by atoms with Gasteiger partial charge in [0.1, 0.15) is 0 Å². The largest absolute Gasteiger partial charge is 0.478 e. The van der Waals surface area contributed by atoms with Crippen LogP contribution in [0.15, 0.2) is 24.3 Å². The fourth-order valence-electron chi connectivity index (χ4n) is 3.16. The number of alkyl halides is 3. The number of likely N-dealkylation sites (tertiary alicyclic amines) is 1. The molecule has 1 aromatic rings. The molecule has 0 unspecified atom stereocenters. The van der Waals surface area contributed by atoms with Crippen LogP contribution in [-0.4, -0.2) is 46.7 Å². The van der Waals surface area contributed by atoms with Crippen LogP contribution < -0.4 is 5.32 Å². The van der Waals surface area contributed by atoms with E-state index in [9.17, 15) is 22.8 Å². The number of nitrogens with zero attached hydrogens (tertiary/aromatic N) is 1. The number of hydrogen-bond acceptors (Lipinski definition) is 3. The third-order valence-electron chi connectivity index (χ3n) is 4.72. The molecule has 1 amide bonds. The molecule has 2 rings (SSSR count). The first-order valence-corrected chi connectivity index (χ1v) is 8.03. The summed E-state index contributed by atoms with van der Waals surface area (Å²) in [5, 5.41) is 11.0. The van der Waals surface area contributed by atoms with E-state index in [1.807, 2.05) is 11.8 Å². The van der Waals surface area contributed by atoms with E-state index in [0.717, 1.165) is 5.56 Å². The van der Waals surface area contributed by atoms with Gasteiger partial charge in [0.05, 0.1) is 5.56 Å². The predicted octanol–water partition coefficient (Wildman–Crippen LogP) is 2.66. The van der Waals surface area contributed by atoms with Gasteiger partial charge < -0.3 is 10.4 Å². The van der Waals surface area contributed by atoms with Gasteiger partial charge in [-0.05, 0) is 43.5 Å². The summed E-state index contributed by atoms with van der Waals surface area (Å²) in [6.45, 7) is 4.80. The van der Waals surface area contributed by atoms with Crippen LogP contribution in [0.3, 0.4) is 0 Å². The number of carbonyl (C=O) groups is 2. The molecule has 1 aliphatic heterocycles. The molecule has 1 saturated heterocycles. The first-order chi connectivity index (χ1) is 11.6. The summed E-state index contributed by atoms with van der Waals surface area (Å²) in [6, 6.07) is 5.51. The molecule has 1 fully saturated rings. The minimum Gasteiger partial charge on any atom is -0.478 e. The molecule has 0 radical (unpaired) electrons. The van der Waals surface area contributed by atoms with Crippen LogP contribution in [0.4, 0.5) is 13.2 Å². The number of carboxylic acid groups (broad SMARTS) is 1. The van der Waals surface area contributed by atoms with Crippen molar-refractivity contribution in [2.45, 2.75) is 45.1 Å². The highest BCUT2D eigenvalue weighted by Gasteiger charge is 2.43. The van der Waals surface area contributed by atoms with Crippen LogP contribution in [0.5, 0.6) is 0 Å². The quantitative estimate of drug-likeness (QED) is 0.868. The number of halogens is 3. The van der Waals surface area contributed by atoms with E-state index >= 15 is 0 Å². The molecule has 5 nitrogen and oxygen atoms in total. The Morgan fingerprint density at radius 3 is 2.36 bits per heavy atom. The minimum atomic E-state index is -4.89. The van der Waals surface area contributed by atoms with Crippen LogP contribution in [0.2, 0.25) is 0 Å². The molecule has 138 valence electrons. The Kier molecular flexibility index (Phi) is 5.72. The van der Waals surface area contributed by atoms with E-state index in [4.69, 9.17) is 5.11 Å². The van der Waals surface area contributed by atoms with Gasteiger partial charge in [-0.3, -0.25) is 9.69 Å². The van der Waals surface area contributed by atoms with Crippen molar-refractivity contribution in [3.63, 3.8) is 0 Å². The average molecular weight is 358 g/mol. The molecular weight excluding hydrogens is 337 g/mol. The van der Waals surface area contributed by atoms with E-state index < -0.39 is 24.1 Å². The highest BCUT2D eigenvalue weighted by atomic mass is 19.4. The maximum absolute atomic E-state index is 12.5. The lowest BCUT2D eigenvalue weighted by Crippen LogP contribution is -2.59. The summed E-state index contributed by atoms with van der Waals surface area (Å²) in [5.41, 5.74) is 1.05. The Bertz CT molecular complexity index is 631. The summed E-state index contributed by atoms with van der Waals surface area (Å²) >= 11 is 0. The molecule has 0 spiro atoms. The van der Waals surface area contributed by atoms with Crippen LogP contribution in [-0.2, 0) is 11.3 Å². The first-order valence-electron chi connectivity index (χ1n) is 8.03. The Balaban J connectivity index is 2.06. The Hall–Kier alpha value is -2.09. The second-order valence-corrected chi connectivity index (χ2v) is 6.48. The van der Waals surface area contributed by atoms with Gasteiger partial charge in [-0.25, -0.2) is 4.79 Å². The number of amides is 1. The number of hydrogen-bond donors (Lipinski definition) is 2. The molecule has 1 heterocycles. The summed E-state index contributed by atoms with van der Waals surface area (Å²) in [7, 11) is 0. The lowest BCUT2D eigenvalue weighted by molar-refractivity contribution is -0.175. The van der Waals surface area contributed by atoms with Gasteiger partial charge in [0.25, 0.3) is 0 Å². The second kappa shape index (κ2) is 7.43. The van der Waals surface area contributed by atoms with Crippen molar-refractivity contribution in [2.24, 2.45) is 5.92 Å². The normalized spacial score (nSPS) is 24.8. The molecule has 1 aliphatic rings. The number of benzene rings is 1. The predicted molar refractivity (Wildman–Crippen MR) is 85.0 cm³/mol. The third kappa shape index (κ3) is 4.72. The standard InChI is InChI=1S/C17H21F3N2O3/c1-10-7-8-22(9-12-3-5-13(6-4-12)15(23)24)11(2)14(10)21-16(25)17(18,19)20/h3-6,10-11,14H,7-9H2,1-2H3,(H,21,25)(H,23,24)/t10-,11-,14-/m0/s1. The van der Waals surface area contributed by atoms with Gasteiger partial charge in [0.15, 0.2) is 0 Å². The molecule has 2 N–H and O–H groups in total. The van der Waals surface area contributed by atoms with Crippen molar-refractivity contribution in [2.75, 3.05) is 6.54 Å². The molecule has 0 aromatic heterocycles. The topological polar surface area (TPSA) is 69.6 Å². The smallest absolute Gasteiger partial charge is 0.471 e. The molecule has 3 atom stereocenters. The van der Waals surface area contributed by atoms with E-state index in [0.29, 0.717) is 19.5 Å². The molecular formula is C17H21F3N2O3. The van der Waals surface area contributed by atoms with Crippen LogP contribution in [0, 0.1) is 5.92 Å². The zero-order chi connectivity index (χ0) is 18.8. The van der Waals surface area contributed by atoms with Crippen molar-refractivity contribution in [3.8, 4) is 0 Å². The van der Waals surface area contributed by atoms with Crippen molar-refractivity contribution >= 4 is 11.9 Å². The molecule has 25 heavy (non-hydrogen) atoms. The van der Waals surface area contributed by atoms with Crippen LogP contribution in [0.1, 0.15) is 36.2 Å². The van der Waals surface area contributed by atoms with Gasteiger partial charge in [0, 0.05) is 18.6 Å². The van der Waals surface area contributed by atoms with Crippen LogP contribution in [0.25, 0.3) is 0 Å². The highest BCUT2D eigenvalue weighted by molar-refractivity contribution is 5.87. The Morgan fingerprint density at radius 1 is 1.24 bits per heavy atom. The maximum atomic E-state index is 12.5. The summed E-state index contributed by atoms with van der Waals surface area (Å²) in [5.74, 6) is -2.99. The monoisotopic (exact) mass is 358 g/mol. The fraction of sp³-hybridized carbons (Fsp3) is 0.529. The summed E-state index contributed by atoms with van der Waals surface area (Å²) in [6.07, 6.45) is -4.23. The average Bonchev–Trinajstić information content (AvgIpc) is 2.53. The first kappa shape index (κ1) is 19.2. The minimum absolute atomic E-state index is 0.0630. The lowest BCUT2D eigenvalue weighted by atomic mass is 9.87. The molecule has 0 saturated carbocycles. The van der Waals surface area contributed by atoms with Crippen molar-refractivity contribution < 1.29 is 27.9 Å². The third-order valence-corrected chi connectivity index (χ3v) is 4.72. The van der Waals surface area contributed by atoms with E-state index in [2.05, 4.69) is 5.32 Å². The Labute approximate surface area is 143 Å². The van der Waals surface area contributed by atoms with Gasteiger partial charge in [-0.15, -0.1) is 0 Å². The van der Waals surface area contributed by atoms with Crippen molar-refractivity contribution in [3.05, 3.63) is 35.4 Å². The van der Waals surface area contributed by atoms with Gasteiger partial charge in [-0.1, -0.05) is 19.1 Å². The van der Waals surface area contributed by atoms with Crippen molar-refractivity contribution in [1.29, 1.82) is 0 Å². The van der Waals surface area contributed by atoms with E-state index in [1.165, 1.54) is 12.1 Å². The summed E-state index contributed by atoms with van der Waals surface area (Å²) < 4.78 is 37.6. The van der Waals surface area contributed by atoms with E-state index in [1.54, 1.807) is 19.1 Å². The molecule has 0 aliphatic carbocycles. The van der Waals surface area contributed by atoms with Gasteiger partial charge in [-0.2, -0.15) is 13.2 Å². The SMILES string of the molecule is C[C@H]1CCN(Cc2ccc(C(=O)O)cc2)[C@@H](C)[C@H]1NC(=O)C(F)(F)F. The van der Waals surface area contributed by atoms with Gasteiger partial charge in [0.2, 0.25) is 0 Å². The molecule has 1 aromatic carbocycles. The number of nitrogens with one attached hydrogen (secondary N) is 1. The molecule has 8 heteroatoms.